The Balaban J connectivity index is 2.43. The smallest absolute Gasteiger partial charge is 0.0231 e. The highest BCUT2D eigenvalue weighted by Gasteiger charge is 2.28. The van der Waals surface area contributed by atoms with Crippen LogP contribution in [0.5, 0.6) is 0 Å². The highest BCUT2D eigenvalue weighted by atomic mass is 79.9. The number of alkyl halides is 1. The summed E-state index contributed by atoms with van der Waals surface area (Å²) in [5.41, 5.74) is 0. The topological polar surface area (TPSA) is 3.24 Å². The second-order valence-corrected chi connectivity index (χ2v) is 7.95. The van der Waals surface area contributed by atoms with E-state index in [0.717, 1.165) is 17.2 Å². The molecule has 0 aromatic rings. The molecule has 1 atom stereocenters. The minimum Gasteiger partial charge on any atom is -0.301 e. The number of halogens is 1. The third kappa shape index (κ3) is 4.66. The van der Waals surface area contributed by atoms with Crippen LogP contribution in [0.1, 0.15) is 27.7 Å². The largest absolute Gasteiger partial charge is 0.301 e. The van der Waals surface area contributed by atoms with Crippen molar-refractivity contribution in [3.05, 3.63) is 0 Å². The van der Waals surface area contributed by atoms with E-state index in [4.69, 9.17) is 0 Å². The molecule has 15 heavy (non-hydrogen) atoms. The van der Waals surface area contributed by atoms with Crippen molar-refractivity contribution in [3.63, 3.8) is 0 Å². The molecular weight excluding hydrogens is 270 g/mol. The summed E-state index contributed by atoms with van der Waals surface area (Å²) in [7, 11) is 0. The second-order valence-electron chi connectivity index (χ2n) is 5.50. The molecule has 0 aromatic carbocycles. The number of rotatable bonds is 4. The quantitative estimate of drug-likeness (QED) is 0.730. The molecule has 0 radical (unpaired) electrons. The number of hydrogen-bond acceptors (Lipinski definition) is 2. The predicted molar refractivity (Wildman–Crippen MR) is 75.1 cm³/mol. The van der Waals surface area contributed by atoms with E-state index < -0.39 is 0 Å². The van der Waals surface area contributed by atoms with E-state index in [9.17, 15) is 0 Å². The van der Waals surface area contributed by atoms with Crippen LogP contribution in [0.15, 0.2) is 0 Å². The Hall–Kier alpha value is 0.790. The first-order chi connectivity index (χ1) is 6.94. The number of hydrogen-bond donors (Lipinski definition) is 0. The van der Waals surface area contributed by atoms with Gasteiger partial charge in [0.15, 0.2) is 0 Å². The fourth-order valence-corrected chi connectivity index (χ4v) is 4.17. The molecule has 1 saturated heterocycles. The van der Waals surface area contributed by atoms with Crippen LogP contribution in [0.2, 0.25) is 0 Å². The molecule has 1 fully saturated rings. The molecule has 1 aliphatic rings. The first kappa shape index (κ1) is 13.9. The lowest BCUT2D eigenvalue weighted by atomic mass is 9.97. The van der Waals surface area contributed by atoms with E-state index >= 15 is 0 Å². The first-order valence-electron chi connectivity index (χ1n) is 5.87. The summed E-state index contributed by atoms with van der Waals surface area (Å²) < 4.78 is 0.450. The Morgan fingerprint density at radius 3 is 2.53 bits per heavy atom. The minimum atomic E-state index is 0.450. The van der Waals surface area contributed by atoms with Crippen LogP contribution in [0, 0.1) is 11.8 Å². The summed E-state index contributed by atoms with van der Waals surface area (Å²) >= 11 is 5.75. The van der Waals surface area contributed by atoms with Gasteiger partial charge in [-0.15, -0.1) is 0 Å². The summed E-state index contributed by atoms with van der Waals surface area (Å²) in [5, 5.41) is 1.13. The average Bonchev–Trinajstić information content (AvgIpc) is 2.12. The van der Waals surface area contributed by atoms with E-state index in [1.54, 1.807) is 0 Å². The standard InChI is InChI=1S/C12H24BrNS/c1-10(2)11(7-13)8-14-5-6-15-12(3,4)9-14/h10-11H,5-9H2,1-4H3. The fourth-order valence-electron chi connectivity index (χ4n) is 2.04. The zero-order chi connectivity index (χ0) is 11.5. The molecule has 3 heteroatoms. The summed E-state index contributed by atoms with van der Waals surface area (Å²) in [5.74, 6) is 2.87. The summed E-state index contributed by atoms with van der Waals surface area (Å²) in [6, 6.07) is 0. The van der Waals surface area contributed by atoms with Crippen molar-refractivity contribution in [2.75, 3.05) is 30.7 Å². The van der Waals surface area contributed by atoms with Crippen molar-refractivity contribution in [2.24, 2.45) is 11.8 Å². The summed E-state index contributed by atoms with van der Waals surface area (Å²) in [4.78, 5) is 2.64. The van der Waals surface area contributed by atoms with E-state index in [0.29, 0.717) is 4.75 Å². The van der Waals surface area contributed by atoms with E-state index in [2.05, 4.69) is 60.3 Å². The minimum absolute atomic E-state index is 0.450. The van der Waals surface area contributed by atoms with Crippen LogP contribution in [0.25, 0.3) is 0 Å². The Kier molecular flexibility index (Phi) is 5.47. The molecule has 90 valence electrons. The first-order valence-corrected chi connectivity index (χ1v) is 7.97. The Morgan fingerprint density at radius 2 is 2.07 bits per heavy atom. The van der Waals surface area contributed by atoms with Crippen molar-refractivity contribution in [1.82, 2.24) is 4.90 Å². The van der Waals surface area contributed by atoms with Crippen molar-refractivity contribution in [1.29, 1.82) is 0 Å². The third-order valence-corrected chi connectivity index (χ3v) is 5.27. The normalized spacial score (nSPS) is 24.4. The zero-order valence-electron chi connectivity index (χ0n) is 10.4. The second kappa shape index (κ2) is 5.92. The van der Waals surface area contributed by atoms with Crippen LogP contribution in [-0.4, -0.2) is 40.4 Å². The zero-order valence-corrected chi connectivity index (χ0v) is 12.8. The number of nitrogens with zero attached hydrogens (tertiary/aromatic N) is 1. The van der Waals surface area contributed by atoms with E-state index in [1.165, 1.54) is 25.4 Å². The Bertz CT molecular complexity index is 194. The highest BCUT2D eigenvalue weighted by Crippen LogP contribution is 2.30. The van der Waals surface area contributed by atoms with Crippen LogP contribution < -0.4 is 0 Å². The maximum atomic E-state index is 3.64. The van der Waals surface area contributed by atoms with Gasteiger partial charge in [-0.1, -0.05) is 29.8 Å². The van der Waals surface area contributed by atoms with Gasteiger partial charge in [0.25, 0.3) is 0 Å². The highest BCUT2D eigenvalue weighted by molar-refractivity contribution is 9.09. The molecule has 0 aliphatic carbocycles. The average molecular weight is 294 g/mol. The van der Waals surface area contributed by atoms with Gasteiger partial charge in [0.2, 0.25) is 0 Å². The molecule has 0 aromatic heterocycles. The van der Waals surface area contributed by atoms with Crippen molar-refractivity contribution < 1.29 is 0 Å². The predicted octanol–water partition coefficient (Wildman–Crippen LogP) is 3.48. The Morgan fingerprint density at radius 1 is 1.40 bits per heavy atom. The lowest BCUT2D eigenvalue weighted by molar-refractivity contribution is 0.206. The lowest BCUT2D eigenvalue weighted by Crippen LogP contribution is -2.45. The molecule has 0 bridgehead atoms. The lowest BCUT2D eigenvalue weighted by Gasteiger charge is -2.39. The molecule has 1 rings (SSSR count). The van der Waals surface area contributed by atoms with Crippen LogP contribution >= 0.6 is 27.7 Å². The monoisotopic (exact) mass is 293 g/mol. The molecule has 0 amide bonds. The van der Waals surface area contributed by atoms with Gasteiger partial charge in [-0.2, -0.15) is 11.8 Å². The van der Waals surface area contributed by atoms with Gasteiger partial charge in [0.05, 0.1) is 0 Å². The van der Waals surface area contributed by atoms with E-state index in [-0.39, 0.29) is 0 Å². The van der Waals surface area contributed by atoms with Crippen LogP contribution in [-0.2, 0) is 0 Å². The molecule has 1 aliphatic heterocycles. The van der Waals surface area contributed by atoms with Crippen molar-refractivity contribution in [2.45, 2.75) is 32.4 Å². The maximum absolute atomic E-state index is 3.64. The third-order valence-electron chi connectivity index (χ3n) is 3.14. The van der Waals surface area contributed by atoms with Crippen molar-refractivity contribution >= 4 is 27.7 Å². The fraction of sp³-hybridized carbons (Fsp3) is 1.00. The van der Waals surface area contributed by atoms with Gasteiger partial charge in [-0.3, -0.25) is 0 Å². The van der Waals surface area contributed by atoms with Gasteiger partial charge < -0.3 is 4.90 Å². The van der Waals surface area contributed by atoms with Gasteiger partial charge in [-0.05, 0) is 25.7 Å². The summed E-state index contributed by atoms with van der Waals surface area (Å²) in [6.07, 6.45) is 0. The maximum Gasteiger partial charge on any atom is 0.0231 e. The Labute approximate surface area is 107 Å². The molecule has 0 N–H and O–H groups in total. The van der Waals surface area contributed by atoms with Gasteiger partial charge in [-0.25, -0.2) is 0 Å². The molecule has 0 spiro atoms. The molecule has 0 saturated carbocycles. The van der Waals surface area contributed by atoms with Crippen molar-refractivity contribution in [3.8, 4) is 0 Å². The molecule has 1 unspecified atom stereocenters. The van der Waals surface area contributed by atoms with Gasteiger partial charge >= 0.3 is 0 Å². The van der Waals surface area contributed by atoms with Gasteiger partial charge in [0.1, 0.15) is 0 Å². The molecular formula is C12H24BrNS. The van der Waals surface area contributed by atoms with E-state index in [1.807, 2.05) is 0 Å². The number of thioether (sulfide) groups is 1. The molecule has 1 nitrogen and oxygen atoms in total. The van der Waals surface area contributed by atoms with Crippen LogP contribution in [0.4, 0.5) is 0 Å². The summed E-state index contributed by atoms with van der Waals surface area (Å²) in [6.45, 7) is 13.2. The molecule has 1 heterocycles. The van der Waals surface area contributed by atoms with Crippen LogP contribution in [0.3, 0.4) is 0 Å². The van der Waals surface area contributed by atoms with Gasteiger partial charge in [0, 0.05) is 35.5 Å². The SMILES string of the molecule is CC(C)C(CBr)CN1CCSC(C)(C)C1.